The monoisotopic (exact) mass is 181 g/mol. The lowest BCUT2D eigenvalue weighted by Crippen LogP contribution is -2.43. The minimum atomic E-state index is 0.602. The molecule has 76 valence electrons. The van der Waals surface area contributed by atoms with Gasteiger partial charge in [-0.1, -0.05) is 32.1 Å². The lowest BCUT2D eigenvalue weighted by atomic mass is 9.59. The third kappa shape index (κ3) is 1.76. The van der Waals surface area contributed by atoms with Gasteiger partial charge in [0.05, 0.1) is 0 Å². The van der Waals surface area contributed by atoms with Gasteiger partial charge in [-0.05, 0) is 43.6 Å². The van der Waals surface area contributed by atoms with Crippen LogP contribution >= 0.6 is 0 Å². The van der Waals surface area contributed by atoms with E-state index in [1.54, 1.807) is 0 Å². The van der Waals surface area contributed by atoms with Crippen LogP contribution in [0.5, 0.6) is 0 Å². The summed E-state index contributed by atoms with van der Waals surface area (Å²) in [5.41, 5.74) is 6.55. The predicted molar refractivity (Wildman–Crippen MR) is 56.5 cm³/mol. The Morgan fingerprint density at radius 2 is 1.54 bits per heavy atom. The van der Waals surface area contributed by atoms with Crippen molar-refractivity contribution in [2.45, 2.75) is 57.8 Å². The molecule has 13 heavy (non-hydrogen) atoms. The molecule has 2 aliphatic rings. The Hall–Kier alpha value is -0.0400. The van der Waals surface area contributed by atoms with Gasteiger partial charge >= 0.3 is 0 Å². The highest BCUT2D eigenvalue weighted by molar-refractivity contribution is 4.94. The van der Waals surface area contributed by atoms with E-state index in [0.29, 0.717) is 5.41 Å². The van der Waals surface area contributed by atoms with Crippen molar-refractivity contribution in [1.82, 2.24) is 0 Å². The molecule has 0 amide bonds. The molecule has 0 aliphatic heterocycles. The van der Waals surface area contributed by atoms with Gasteiger partial charge in [-0.2, -0.15) is 0 Å². The molecule has 2 fully saturated rings. The van der Waals surface area contributed by atoms with Crippen molar-refractivity contribution in [2.75, 3.05) is 6.54 Å². The van der Waals surface area contributed by atoms with E-state index in [0.717, 1.165) is 12.5 Å². The highest BCUT2D eigenvalue weighted by Gasteiger charge is 2.42. The molecule has 1 heteroatoms. The Morgan fingerprint density at radius 1 is 0.923 bits per heavy atom. The first-order chi connectivity index (χ1) is 6.37. The quantitative estimate of drug-likeness (QED) is 0.651. The van der Waals surface area contributed by atoms with E-state index in [-0.39, 0.29) is 0 Å². The second-order valence-corrected chi connectivity index (χ2v) is 5.11. The fourth-order valence-electron chi connectivity index (χ4n) is 3.30. The van der Waals surface area contributed by atoms with Gasteiger partial charge in [0.2, 0.25) is 0 Å². The van der Waals surface area contributed by atoms with Crippen LogP contribution in [-0.4, -0.2) is 6.54 Å². The summed E-state index contributed by atoms with van der Waals surface area (Å²) in [6.45, 7) is 0.956. The number of hydrogen-bond acceptors (Lipinski definition) is 1. The smallest absolute Gasteiger partial charge is 0.00179 e. The Balaban J connectivity index is 1.95. The van der Waals surface area contributed by atoms with Crippen LogP contribution in [0.25, 0.3) is 0 Å². The summed E-state index contributed by atoms with van der Waals surface area (Å²) in [4.78, 5) is 0. The van der Waals surface area contributed by atoms with Crippen molar-refractivity contribution in [3.8, 4) is 0 Å². The molecule has 0 heterocycles. The third-order valence-electron chi connectivity index (χ3n) is 4.48. The fourth-order valence-corrected chi connectivity index (χ4v) is 3.30. The first kappa shape index (κ1) is 9.51. The van der Waals surface area contributed by atoms with E-state index < -0.39 is 0 Å². The number of nitrogens with two attached hydrogens (primary N) is 1. The maximum absolute atomic E-state index is 5.95. The molecule has 0 radical (unpaired) electrons. The molecule has 0 aromatic rings. The van der Waals surface area contributed by atoms with E-state index >= 15 is 0 Å². The molecule has 2 aliphatic carbocycles. The average molecular weight is 181 g/mol. The minimum absolute atomic E-state index is 0.602. The zero-order chi connectivity index (χ0) is 9.15. The Labute approximate surface area is 82.1 Å². The molecule has 0 bridgehead atoms. The van der Waals surface area contributed by atoms with E-state index in [1.807, 2.05) is 0 Å². The van der Waals surface area contributed by atoms with Crippen LogP contribution in [0, 0.1) is 11.3 Å². The second kappa shape index (κ2) is 4.00. The molecular weight excluding hydrogens is 158 g/mol. The summed E-state index contributed by atoms with van der Waals surface area (Å²) in [6.07, 6.45) is 13.1. The average Bonchev–Trinajstić information content (AvgIpc) is 2.32. The SMILES string of the molecule is NCC1(C2CCCCCC2)CCC1. The van der Waals surface area contributed by atoms with Crippen LogP contribution in [0.3, 0.4) is 0 Å². The van der Waals surface area contributed by atoms with E-state index in [1.165, 1.54) is 57.8 Å². The molecule has 0 saturated heterocycles. The largest absolute Gasteiger partial charge is 0.330 e. The highest BCUT2D eigenvalue weighted by atomic mass is 14.6. The third-order valence-corrected chi connectivity index (χ3v) is 4.48. The topological polar surface area (TPSA) is 26.0 Å². The molecule has 2 N–H and O–H groups in total. The Bertz CT molecular complexity index is 147. The number of rotatable bonds is 2. The van der Waals surface area contributed by atoms with Crippen LogP contribution < -0.4 is 5.73 Å². The molecule has 0 unspecified atom stereocenters. The van der Waals surface area contributed by atoms with Crippen LogP contribution in [0.2, 0.25) is 0 Å². The molecule has 0 aromatic heterocycles. The van der Waals surface area contributed by atoms with Crippen molar-refractivity contribution in [3.63, 3.8) is 0 Å². The van der Waals surface area contributed by atoms with Gasteiger partial charge < -0.3 is 5.73 Å². The lowest BCUT2D eigenvalue weighted by molar-refractivity contribution is 0.0488. The van der Waals surface area contributed by atoms with E-state index in [4.69, 9.17) is 5.73 Å². The maximum Gasteiger partial charge on any atom is -0.00179 e. The molecule has 0 atom stereocenters. The Kier molecular flexibility index (Phi) is 2.92. The van der Waals surface area contributed by atoms with Crippen molar-refractivity contribution in [2.24, 2.45) is 17.1 Å². The fraction of sp³-hybridized carbons (Fsp3) is 1.00. The predicted octanol–water partition coefficient (Wildman–Crippen LogP) is 3.09. The molecule has 0 spiro atoms. The Morgan fingerprint density at radius 3 is 1.92 bits per heavy atom. The summed E-state index contributed by atoms with van der Waals surface area (Å²) in [5.74, 6) is 0.980. The van der Waals surface area contributed by atoms with Gasteiger partial charge in [0.1, 0.15) is 0 Å². The highest BCUT2D eigenvalue weighted by Crippen LogP contribution is 2.50. The van der Waals surface area contributed by atoms with Crippen molar-refractivity contribution in [1.29, 1.82) is 0 Å². The molecule has 2 saturated carbocycles. The maximum atomic E-state index is 5.95. The van der Waals surface area contributed by atoms with Gasteiger partial charge in [0.25, 0.3) is 0 Å². The first-order valence-corrected chi connectivity index (χ1v) is 6.07. The normalized spacial score (nSPS) is 29.3. The van der Waals surface area contributed by atoms with E-state index in [9.17, 15) is 0 Å². The van der Waals surface area contributed by atoms with Gasteiger partial charge in [-0.3, -0.25) is 0 Å². The summed E-state index contributed by atoms with van der Waals surface area (Å²) in [6, 6.07) is 0. The molecular formula is C12H23N. The van der Waals surface area contributed by atoms with Crippen LogP contribution in [0.4, 0.5) is 0 Å². The lowest BCUT2D eigenvalue weighted by Gasteiger charge is -2.47. The van der Waals surface area contributed by atoms with Crippen LogP contribution in [0.15, 0.2) is 0 Å². The zero-order valence-corrected chi connectivity index (χ0v) is 8.73. The van der Waals surface area contributed by atoms with Crippen molar-refractivity contribution in [3.05, 3.63) is 0 Å². The van der Waals surface area contributed by atoms with Gasteiger partial charge in [-0.25, -0.2) is 0 Å². The zero-order valence-electron chi connectivity index (χ0n) is 8.73. The summed E-state index contributed by atoms with van der Waals surface area (Å²) in [7, 11) is 0. The van der Waals surface area contributed by atoms with Crippen LogP contribution in [0.1, 0.15) is 57.8 Å². The number of hydrogen-bond donors (Lipinski definition) is 1. The van der Waals surface area contributed by atoms with Crippen molar-refractivity contribution < 1.29 is 0 Å². The first-order valence-electron chi connectivity index (χ1n) is 6.07. The minimum Gasteiger partial charge on any atom is -0.330 e. The molecule has 0 aromatic carbocycles. The standard InChI is InChI=1S/C12H23N/c13-10-12(8-5-9-12)11-6-3-1-2-4-7-11/h11H,1-10,13H2. The van der Waals surface area contributed by atoms with Gasteiger partial charge in [0.15, 0.2) is 0 Å². The van der Waals surface area contributed by atoms with Crippen molar-refractivity contribution >= 4 is 0 Å². The summed E-state index contributed by atoms with van der Waals surface area (Å²) in [5, 5.41) is 0. The summed E-state index contributed by atoms with van der Waals surface area (Å²) < 4.78 is 0. The van der Waals surface area contributed by atoms with Gasteiger partial charge in [0, 0.05) is 0 Å². The van der Waals surface area contributed by atoms with Crippen LogP contribution in [-0.2, 0) is 0 Å². The second-order valence-electron chi connectivity index (χ2n) is 5.11. The molecule has 2 rings (SSSR count). The summed E-state index contributed by atoms with van der Waals surface area (Å²) >= 11 is 0. The van der Waals surface area contributed by atoms with Gasteiger partial charge in [-0.15, -0.1) is 0 Å². The van der Waals surface area contributed by atoms with E-state index in [2.05, 4.69) is 0 Å². The molecule has 1 nitrogen and oxygen atoms in total.